The van der Waals surface area contributed by atoms with E-state index in [-0.39, 0.29) is 10.9 Å². The van der Waals surface area contributed by atoms with Crippen molar-refractivity contribution in [2.24, 2.45) is 0 Å². The Morgan fingerprint density at radius 1 is 0.875 bits per heavy atom. The molecule has 4 nitrogen and oxygen atoms in total. The molecule has 0 saturated carbocycles. The number of nitrogens with one attached hydrogen (secondary N) is 1. The van der Waals surface area contributed by atoms with Crippen molar-refractivity contribution in [3.05, 3.63) is 120 Å². The molecule has 0 aliphatic rings. The van der Waals surface area contributed by atoms with Gasteiger partial charge in [0.05, 0.1) is 18.5 Å². The Hall–Kier alpha value is -4.18. The smallest absolute Gasteiger partial charge is 0.261 e. The van der Waals surface area contributed by atoms with Gasteiger partial charge in [-0.2, -0.15) is 0 Å². The van der Waals surface area contributed by atoms with Crippen LogP contribution in [0.1, 0.15) is 32.0 Å². The first-order chi connectivity index (χ1) is 19.3. The quantitative estimate of drug-likeness (QED) is 0.197. The molecule has 0 unspecified atom stereocenters. The second-order valence-electron chi connectivity index (χ2n) is 11.0. The minimum absolute atomic E-state index is 0.0518. The van der Waals surface area contributed by atoms with Crippen molar-refractivity contribution in [1.82, 2.24) is 9.97 Å². The molecule has 0 aliphatic heterocycles. The van der Waals surface area contributed by atoms with Crippen molar-refractivity contribution in [3.63, 3.8) is 0 Å². The third kappa shape index (κ3) is 5.72. The molecule has 0 radical (unpaired) electrons. The Morgan fingerprint density at radius 3 is 2.10 bits per heavy atom. The van der Waals surface area contributed by atoms with E-state index >= 15 is 0 Å². The van der Waals surface area contributed by atoms with E-state index in [1.165, 1.54) is 22.6 Å². The van der Waals surface area contributed by atoms with E-state index in [4.69, 9.17) is 4.43 Å². The van der Waals surface area contributed by atoms with Crippen LogP contribution in [0.2, 0.25) is 5.04 Å². The molecule has 6 heteroatoms. The monoisotopic (exact) mass is 547 g/mol. The summed E-state index contributed by atoms with van der Waals surface area (Å²) in [6.07, 6.45) is 1.20. The summed E-state index contributed by atoms with van der Waals surface area (Å²) in [5.41, 5.74) is 3.33. The van der Waals surface area contributed by atoms with E-state index in [2.05, 4.69) is 127 Å². The molecule has 0 atom stereocenters. The minimum Gasteiger partial charge on any atom is -0.406 e. The number of hydrogen-bond acceptors (Lipinski definition) is 3. The summed E-state index contributed by atoms with van der Waals surface area (Å²) in [6, 6.07) is 32.9. The van der Waals surface area contributed by atoms with Crippen molar-refractivity contribution >= 4 is 35.4 Å². The number of fused-ring (bicyclic) bond motifs is 1. The first kappa shape index (κ1) is 27.4. The maximum Gasteiger partial charge on any atom is 0.261 e. The molecular formula is C34H34FN3OSi. The summed E-state index contributed by atoms with van der Waals surface area (Å²) in [7, 11) is -0.469. The Morgan fingerprint density at radius 2 is 1.50 bits per heavy atom. The van der Waals surface area contributed by atoms with E-state index in [0.717, 1.165) is 17.8 Å². The van der Waals surface area contributed by atoms with Gasteiger partial charge in [0.15, 0.2) is 0 Å². The van der Waals surface area contributed by atoms with Gasteiger partial charge in [-0.25, -0.2) is 9.37 Å². The lowest BCUT2D eigenvalue weighted by molar-refractivity contribution is 0.306. The second kappa shape index (κ2) is 11.5. The summed E-state index contributed by atoms with van der Waals surface area (Å²) in [6.45, 7) is 8.27. The van der Waals surface area contributed by atoms with Crippen LogP contribution in [0.5, 0.6) is 0 Å². The number of H-pyrrole nitrogens is 1. The number of hydrogen-bond donors (Lipinski definition) is 1. The van der Waals surface area contributed by atoms with E-state index in [9.17, 15) is 4.39 Å². The van der Waals surface area contributed by atoms with Crippen molar-refractivity contribution in [3.8, 4) is 11.8 Å². The van der Waals surface area contributed by atoms with Crippen LogP contribution in [-0.4, -0.2) is 38.5 Å². The number of likely N-dealkylation sites (N-methyl/N-ethyl adjacent to an activating group) is 1. The SMILES string of the molecule is CN(CCO[Si](c1ccccc1)(c1ccccc1)C(C)(C)C)c1ccc(C#Cc2cc3cc(F)cnc3[nH]2)cc1. The largest absolute Gasteiger partial charge is 0.406 e. The molecule has 0 aliphatic carbocycles. The number of benzene rings is 3. The molecule has 0 amide bonds. The number of nitrogens with zero attached hydrogens (tertiary/aromatic N) is 2. The lowest BCUT2D eigenvalue weighted by Gasteiger charge is -2.43. The zero-order chi connectivity index (χ0) is 28.2. The summed E-state index contributed by atoms with van der Waals surface area (Å²) >= 11 is 0. The molecule has 0 saturated heterocycles. The molecule has 202 valence electrons. The number of aromatic amines is 1. The second-order valence-corrected chi connectivity index (χ2v) is 15.3. The van der Waals surface area contributed by atoms with Crippen LogP contribution in [0.4, 0.5) is 10.1 Å². The molecule has 5 aromatic rings. The van der Waals surface area contributed by atoms with Crippen LogP contribution in [0, 0.1) is 17.7 Å². The highest BCUT2D eigenvalue weighted by molar-refractivity contribution is 6.99. The highest BCUT2D eigenvalue weighted by atomic mass is 28.4. The standard InChI is InChI=1S/C34H34FN3OSi/c1-34(2,3)40(31-11-7-5-8-12-31,32-13-9-6-10-14-32)39-22-21-38(4)30-19-16-26(17-20-30)15-18-29-24-27-23-28(35)25-36-33(27)37-29/h5-14,16-17,19-20,23-25H,21-22H2,1-4H3,(H,36,37). The molecule has 40 heavy (non-hydrogen) atoms. The number of aromatic nitrogens is 2. The third-order valence-electron chi connectivity index (χ3n) is 7.25. The zero-order valence-electron chi connectivity index (χ0n) is 23.4. The van der Waals surface area contributed by atoms with Crippen molar-refractivity contribution in [2.75, 3.05) is 25.1 Å². The summed E-state index contributed by atoms with van der Waals surface area (Å²) < 4.78 is 20.5. The lowest BCUT2D eigenvalue weighted by atomic mass is 10.2. The maximum absolute atomic E-state index is 13.4. The summed E-state index contributed by atoms with van der Waals surface area (Å²) in [5, 5.41) is 3.23. The summed E-state index contributed by atoms with van der Waals surface area (Å²) in [5.74, 6) is 5.94. The van der Waals surface area contributed by atoms with Crippen LogP contribution in [0.25, 0.3) is 11.0 Å². The van der Waals surface area contributed by atoms with Gasteiger partial charge < -0.3 is 14.3 Å². The molecule has 2 aromatic heterocycles. The Kier molecular flexibility index (Phi) is 7.88. The van der Waals surface area contributed by atoms with E-state index < -0.39 is 8.32 Å². The first-order valence-corrected chi connectivity index (χ1v) is 15.4. The highest BCUT2D eigenvalue weighted by Crippen LogP contribution is 2.36. The molecular weight excluding hydrogens is 513 g/mol. The van der Waals surface area contributed by atoms with Gasteiger partial charge in [0.2, 0.25) is 0 Å². The van der Waals surface area contributed by atoms with Crippen molar-refractivity contribution in [1.29, 1.82) is 0 Å². The molecule has 0 spiro atoms. The average Bonchev–Trinajstić information content (AvgIpc) is 3.37. The molecule has 2 heterocycles. The van der Waals surface area contributed by atoms with Gasteiger partial charge in [-0.1, -0.05) is 87.4 Å². The Balaban J connectivity index is 1.29. The van der Waals surface area contributed by atoms with E-state index in [1.807, 2.05) is 18.2 Å². The number of pyridine rings is 1. The van der Waals surface area contributed by atoms with E-state index in [1.54, 1.807) is 0 Å². The maximum atomic E-state index is 13.4. The van der Waals surface area contributed by atoms with Gasteiger partial charge in [-0.05, 0) is 57.7 Å². The normalized spacial score (nSPS) is 11.7. The van der Waals surface area contributed by atoms with Crippen LogP contribution < -0.4 is 15.3 Å². The van der Waals surface area contributed by atoms with Crippen molar-refractivity contribution < 1.29 is 8.82 Å². The number of rotatable bonds is 7. The fourth-order valence-electron chi connectivity index (χ4n) is 5.22. The predicted octanol–water partition coefficient (Wildman–Crippen LogP) is 6.11. The van der Waals surface area contributed by atoms with Crippen molar-refractivity contribution in [2.45, 2.75) is 25.8 Å². The Bertz CT molecular complexity index is 1590. The van der Waals surface area contributed by atoms with Gasteiger partial charge in [0.25, 0.3) is 8.32 Å². The highest BCUT2D eigenvalue weighted by Gasteiger charge is 2.50. The van der Waals surface area contributed by atoms with Gasteiger partial charge in [0.1, 0.15) is 11.5 Å². The fourth-order valence-corrected chi connectivity index (χ4v) is 9.77. The molecule has 0 fully saturated rings. The molecule has 5 rings (SSSR count). The number of halogens is 1. The van der Waals surface area contributed by atoms with Crippen LogP contribution >= 0.6 is 0 Å². The first-order valence-electron chi connectivity index (χ1n) is 13.5. The fraction of sp³-hybridized carbons (Fsp3) is 0.206. The van der Waals surface area contributed by atoms with Gasteiger partial charge in [-0.3, -0.25) is 0 Å². The average molecular weight is 548 g/mol. The predicted molar refractivity (Wildman–Crippen MR) is 165 cm³/mol. The van der Waals surface area contributed by atoms with Gasteiger partial charge in [-0.15, -0.1) is 0 Å². The third-order valence-corrected chi connectivity index (χ3v) is 12.3. The van der Waals surface area contributed by atoms with E-state index in [0.29, 0.717) is 23.3 Å². The lowest BCUT2D eigenvalue weighted by Crippen LogP contribution is -2.67. The van der Waals surface area contributed by atoms with Crippen LogP contribution in [0.15, 0.2) is 103 Å². The van der Waals surface area contributed by atoms with Gasteiger partial charge in [0, 0.05) is 30.2 Å². The minimum atomic E-state index is -2.56. The summed E-state index contributed by atoms with van der Waals surface area (Å²) in [4.78, 5) is 9.40. The molecule has 1 N–H and O–H groups in total. The Labute approximate surface area is 237 Å². The van der Waals surface area contributed by atoms with Gasteiger partial charge >= 0.3 is 0 Å². The topological polar surface area (TPSA) is 41.1 Å². The molecule has 0 bridgehead atoms. The number of anilines is 1. The molecule has 3 aromatic carbocycles. The van der Waals surface area contributed by atoms with Crippen LogP contribution in [0.3, 0.4) is 0 Å². The van der Waals surface area contributed by atoms with Crippen LogP contribution in [-0.2, 0) is 4.43 Å². The zero-order valence-corrected chi connectivity index (χ0v) is 24.4.